The number of likely N-dealkylation sites (tertiary alicyclic amines) is 1. The smallest absolute Gasteiger partial charge is 0.345 e. The van der Waals surface area contributed by atoms with Gasteiger partial charge < -0.3 is 25.0 Å². The number of thiophene rings is 1. The summed E-state index contributed by atoms with van der Waals surface area (Å²) in [4.78, 5) is 27.1. The van der Waals surface area contributed by atoms with Crippen LogP contribution in [0.2, 0.25) is 5.02 Å². The number of nitrogens with two attached hydrogens (primary N) is 1. The number of nitrogens with zero attached hydrogens (tertiary/aromatic N) is 6. The van der Waals surface area contributed by atoms with E-state index in [4.69, 9.17) is 31.8 Å². The summed E-state index contributed by atoms with van der Waals surface area (Å²) in [6.07, 6.45) is 5.66. The van der Waals surface area contributed by atoms with E-state index in [1.54, 1.807) is 9.80 Å². The largest absolute Gasteiger partial charge is 0.461 e. The highest BCUT2D eigenvalue weighted by Gasteiger charge is 2.53. The molecule has 2 N–H and O–H groups in total. The van der Waals surface area contributed by atoms with Gasteiger partial charge in [-0.2, -0.15) is 24.0 Å². The molecule has 0 saturated carbocycles. The van der Waals surface area contributed by atoms with Crippen LogP contribution in [0.25, 0.3) is 32.1 Å². The third-order valence-electron chi connectivity index (χ3n) is 11.1. The van der Waals surface area contributed by atoms with E-state index in [-0.39, 0.29) is 84.8 Å². The third kappa shape index (κ3) is 5.13. The zero-order valence-electron chi connectivity index (χ0n) is 26.7. The van der Waals surface area contributed by atoms with Crippen LogP contribution in [0.1, 0.15) is 44.1 Å². The molecule has 10 nitrogen and oxygen atoms in total. The molecule has 2 aromatic heterocycles. The molecule has 4 aliphatic heterocycles. The predicted molar refractivity (Wildman–Crippen MR) is 181 cm³/mol. The Bertz CT molecular complexity index is 2070. The summed E-state index contributed by atoms with van der Waals surface area (Å²) in [5.74, 6) is -1.28. The number of halogens is 5. The van der Waals surface area contributed by atoms with Gasteiger partial charge in [-0.15, -0.1) is 11.3 Å². The molecule has 6 heterocycles. The first-order valence-electron chi connectivity index (χ1n) is 16.4. The van der Waals surface area contributed by atoms with Gasteiger partial charge in [0.25, 0.3) is 0 Å². The van der Waals surface area contributed by atoms with E-state index in [2.05, 4.69) is 9.88 Å². The lowest BCUT2D eigenvalue weighted by molar-refractivity contribution is -0.137. The van der Waals surface area contributed by atoms with Crippen LogP contribution in [0.4, 0.5) is 28.4 Å². The SMILES string of the molecule is N#Cc1c(N)sc2c(F)ccc(-c3c(Cl)cc4c(N5CC6(CCN6C=O)CC5COC(F)F)nc(OCC56CCCN5CCC6)nc4c3F)c12. The minimum Gasteiger partial charge on any atom is -0.461 e. The van der Waals surface area contributed by atoms with E-state index >= 15 is 4.39 Å². The highest BCUT2D eigenvalue weighted by molar-refractivity contribution is 7.23. The van der Waals surface area contributed by atoms with Crippen molar-refractivity contribution in [3.8, 4) is 23.2 Å². The standard InChI is InChI=1S/C34H32ClF4N7O3S/c35-22-11-20-27(26(37)25(22)19-3-4-23(36)28-24(19)21(13-40)29(41)50-28)42-32(49-16-33-5-1-8-44(33)9-2-6-33)43-30(20)46-15-34(7-10-45(34)17-47)12-18(46)14-48-31(38)39/h3-4,11,17-18,31H,1-2,5-10,12,14-16,41H2. The number of anilines is 2. The van der Waals surface area contributed by atoms with Crippen molar-refractivity contribution in [2.24, 2.45) is 0 Å². The third-order valence-corrected chi connectivity index (χ3v) is 12.4. The van der Waals surface area contributed by atoms with Crippen LogP contribution in [0.5, 0.6) is 6.01 Å². The van der Waals surface area contributed by atoms with E-state index in [1.807, 2.05) is 6.07 Å². The predicted octanol–water partition coefficient (Wildman–Crippen LogP) is 6.32. The fourth-order valence-corrected chi connectivity index (χ4v) is 9.85. The highest BCUT2D eigenvalue weighted by atomic mass is 35.5. The molecule has 4 aliphatic rings. The summed E-state index contributed by atoms with van der Waals surface area (Å²) in [6, 6.07) is 5.24. The number of benzene rings is 2. The lowest BCUT2D eigenvalue weighted by Gasteiger charge is -2.48. The Hall–Kier alpha value is -3.97. The van der Waals surface area contributed by atoms with Crippen LogP contribution in [0, 0.1) is 23.0 Å². The van der Waals surface area contributed by atoms with Crippen molar-refractivity contribution >= 4 is 61.2 Å². The first-order valence-corrected chi connectivity index (χ1v) is 17.6. The number of carbonyl (C=O) groups excluding carboxylic acids is 1. The summed E-state index contributed by atoms with van der Waals surface area (Å²) < 4.78 is 70.0. The van der Waals surface area contributed by atoms with Crippen molar-refractivity contribution in [1.82, 2.24) is 19.8 Å². The maximum atomic E-state index is 17.1. The van der Waals surface area contributed by atoms with Crippen molar-refractivity contribution in [3.63, 3.8) is 0 Å². The number of ether oxygens (including phenoxy) is 2. The average Bonchev–Trinajstić information content (AvgIpc) is 3.85. The first kappa shape index (κ1) is 33.2. The van der Waals surface area contributed by atoms with Crippen molar-refractivity contribution in [2.75, 3.05) is 50.0 Å². The number of amides is 1. The molecule has 0 bridgehead atoms. The minimum atomic E-state index is -3.02. The minimum absolute atomic E-state index is 0.00358. The van der Waals surface area contributed by atoms with Gasteiger partial charge in [-0.3, -0.25) is 9.69 Å². The Kier molecular flexibility index (Phi) is 8.21. The van der Waals surface area contributed by atoms with Gasteiger partial charge >= 0.3 is 12.6 Å². The van der Waals surface area contributed by atoms with Gasteiger partial charge in [0, 0.05) is 29.4 Å². The van der Waals surface area contributed by atoms with E-state index < -0.39 is 29.8 Å². The highest BCUT2D eigenvalue weighted by Crippen LogP contribution is 2.48. The number of nitriles is 1. The van der Waals surface area contributed by atoms with Crippen LogP contribution >= 0.6 is 22.9 Å². The topological polar surface area (TPSA) is 121 Å². The molecule has 1 amide bonds. The number of fused-ring (bicyclic) bond motifs is 3. The summed E-state index contributed by atoms with van der Waals surface area (Å²) >= 11 is 7.74. The van der Waals surface area contributed by atoms with E-state index in [9.17, 15) is 23.2 Å². The monoisotopic (exact) mass is 729 g/mol. The van der Waals surface area contributed by atoms with Crippen molar-refractivity contribution < 1.29 is 31.8 Å². The Labute approximate surface area is 293 Å². The van der Waals surface area contributed by atoms with Gasteiger partial charge in [0.1, 0.15) is 34.8 Å². The lowest BCUT2D eigenvalue weighted by atomic mass is 9.83. The zero-order chi connectivity index (χ0) is 34.9. The molecule has 50 heavy (non-hydrogen) atoms. The summed E-state index contributed by atoms with van der Waals surface area (Å²) in [5.41, 5.74) is 5.12. The molecule has 16 heteroatoms. The van der Waals surface area contributed by atoms with Gasteiger partial charge in [-0.25, -0.2) is 8.78 Å². The van der Waals surface area contributed by atoms with Crippen molar-refractivity contribution in [2.45, 2.75) is 62.3 Å². The Morgan fingerprint density at radius 2 is 1.96 bits per heavy atom. The molecule has 4 aromatic rings. The molecule has 2 atom stereocenters. The van der Waals surface area contributed by atoms with Gasteiger partial charge in [0.2, 0.25) is 6.41 Å². The second kappa shape index (κ2) is 12.4. The normalized spacial score (nSPS) is 22.9. The van der Waals surface area contributed by atoms with Gasteiger partial charge in [0.05, 0.1) is 39.0 Å². The zero-order valence-corrected chi connectivity index (χ0v) is 28.3. The Morgan fingerprint density at radius 3 is 2.64 bits per heavy atom. The molecule has 4 saturated heterocycles. The molecular formula is C34H32ClF4N7O3S. The first-order chi connectivity index (χ1) is 24.1. The maximum absolute atomic E-state index is 17.1. The molecule has 2 aromatic carbocycles. The molecule has 0 aliphatic carbocycles. The van der Waals surface area contributed by atoms with E-state index in [0.29, 0.717) is 19.4 Å². The molecule has 262 valence electrons. The van der Waals surface area contributed by atoms with E-state index in [0.717, 1.165) is 62.6 Å². The number of nitrogen functional groups attached to an aromatic ring is 1. The fourth-order valence-electron chi connectivity index (χ4n) is 8.61. The van der Waals surface area contributed by atoms with Crippen molar-refractivity contribution in [3.05, 3.63) is 40.4 Å². The van der Waals surface area contributed by atoms with Crippen molar-refractivity contribution in [1.29, 1.82) is 5.26 Å². The van der Waals surface area contributed by atoms with Crippen LogP contribution in [0.15, 0.2) is 18.2 Å². The fraction of sp³-hybridized carbons (Fsp3) is 0.471. The van der Waals surface area contributed by atoms with Crippen LogP contribution in [-0.2, 0) is 9.53 Å². The number of hydrogen-bond acceptors (Lipinski definition) is 10. The van der Waals surface area contributed by atoms with Gasteiger partial charge in [-0.05, 0) is 69.3 Å². The Morgan fingerprint density at radius 1 is 1.18 bits per heavy atom. The summed E-state index contributed by atoms with van der Waals surface area (Å²) in [6.45, 7) is -0.449. The number of aromatic nitrogens is 2. The molecule has 8 rings (SSSR count). The van der Waals surface area contributed by atoms with Gasteiger partial charge in [0.15, 0.2) is 5.82 Å². The number of rotatable bonds is 9. The quantitative estimate of drug-likeness (QED) is 0.156. The number of carbonyl (C=O) groups is 1. The molecular weight excluding hydrogens is 698 g/mol. The van der Waals surface area contributed by atoms with Gasteiger partial charge in [-0.1, -0.05) is 17.7 Å². The maximum Gasteiger partial charge on any atom is 0.345 e. The number of hydrogen-bond donors (Lipinski definition) is 1. The molecule has 1 spiro atoms. The van der Waals surface area contributed by atoms with E-state index in [1.165, 1.54) is 12.1 Å². The molecule has 4 fully saturated rings. The van der Waals surface area contributed by atoms with Crippen LogP contribution in [-0.4, -0.2) is 89.3 Å². The van der Waals surface area contributed by atoms with Crippen LogP contribution < -0.4 is 15.4 Å². The second-order valence-corrected chi connectivity index (χ2v) is 15.0. The second-order valence-electron chi connectivity index (χ2n) is 13.6. The van der Waals surface area contributed by atoms with Crippen LogP contribution in [0.3, 0.4) is 0 Å². The molecule has 0 radical (unpaired) electrons. The number of alkyl halides is 2. The molecule has 2 unspecified atom stereocenters. The lowest BCUT2D eigenvalue weighted by Crippen LogP contribution is -2.60. The summed E-state index contributed by atoms with van der Waals surface area (Å²) in [5, 5.41) is 10.2. The Balaban J connectivity index is 1.30. The average molecular weight is 730 g/mol. The summed E-state index contributed by atoms with van der Waals surface area (Å²) in [7, 11) is 0.